The van der Waals surface area contributed by atoms with Gasteiger partial charge >= 0.3 is 0 Å². The Kier molecular flexibility index (Phi) is 9.26. The minimum Gasteiger partial charge on any atom is -0.497 e. The molecule has 0 spiro atoms. The molecule has 2 fully saturated rings. The molecule has 2 aromatic rings. The lowest BCUT2D eigenvalue weighted by molar-refractivity contribution is -0.122. The van der Waals surface area contributed by atoms with Crippen molar-refractivity contribution >= 4 is 11.6 Å². The molecule has 6 nitrogen and oxygen atoms in total. The third kappa shape index (κ3) is 7.77. The van der Waals surface area contributed by atoms with Crippen LogP contribution in [0.2, 0.25) is 0 Å². The number of hydrogen-bond donors (Lipinski definition) is 0. The van der Waals surface area contributed by atoms with Crippen LogP contribution >= 0.6 is 0 Å². The Morgan fingerprint density at radius 1 is 0.656 bits per heavy atom. The summed E-state index contributed by atoms with van der Waals surface area (Å²) in [7, 11) is 3.36. The summed E-state index contributed by atoms with van der Waals surface area (Å²) >= 11 is 0. The average Bonchev–Trinajstić information content (AvgIpc) is 2.83. The number of piperidine rings is 2. The number of ether oxygens (including phenoxy) is 2. The summed E-state index contributed by atoms with van der Waals surface area (Å²) in [4.78, 5) is 26.9. The van der Waals surface area contributed by atoms with Gasteiger partial charge < -0.3 is 9.47 Å². The molecule has 0 unspecified atom stereocenters. The highest BCUT2D eigenvalue weighted by Crippen LogP contribution is 2.17. The van der Waals surface area contributed by atoms with E-state index in [-0.39, 0.29) is 0 Å². The highest BCUT2D eigenvalue weighted by atomic mass is 16.5. The monoisotopic (exact) mass is 438 g/mol. The molecular weight excluding hydrogens is 404 g/mol. The van der Waals surface area contributed by atoms with E-state index in [1.54, 1.807) is 14.2 Å². The van der Waals surface area contributed by atoms with Crippen LogP contribution in [-0.4, -0.2) is 61.8 Å². The van der Waals surface area contributed by atoms with Crippen LogP contribution in [0.3, 0.4) is 0 Å². The summed E-state index contributed by atoms with van der Waals surface area (Å²) < 4.78 is 10.4. The zero-order valence-electron chi connectivity index (χ0n) is 19.2. The predicted octanol–water partition coefficient (Wildman–Crippen LogP) is 3.72. The molecule has 0 N–H and O–H groups in total. The Morgan fingerprint density at radius 3 is 1.38 bits per heavy atom. The van der Waals surface area contributed by atoms with Gasteiger partial charge in [0.2, 0.25) is 0 Å². The maximum Gasteiger partial charge on any atom is 0.135 e. The molecule has 32 heavy (non-hydrogen) atoms. The number of benzene rings is 2. The van der Waals surface area contributed by atoms with E-state index in [9.17, 15) is 9.59 Å². The number of Topliss-reactive ketones (excluding diaryl/α,β-unsaturated/α-hetero) is 2. The third-order valence-corrected chi connectivity index (χ3v) is 5.91. The molecule has 2 aromatic carbocycles. The molecular formula is C26H34N2O4. The molecule has 0 bridgehead atoms. The summed E-state index contributed by atoms with van der Waals surface area (Å²) in [6, 6.07) is 16.2. The van der Waals surface area contributed by atoms with Crippen LogP contribution in [0.5, 0.6) is 11.5 Å². The van der Waals surface area contributed by atoms with E-state index in [0.29, 0.717) is 37.2 Å². The molecule has 4 rings (SSSR count). The van der Waals surface area contributed by atoms with E-state index < -0.39 is 0 Å². The van der Waals surface area contributed by atoms with Gasteiger partial charge in [-0.15, -0.1) is 0 Å². The first-order chi connectivity index (χ1) is 15.6. The Bertz CT molecular complexity index is 805. The van der Waals surface area contributed by atoms with E-state index in [2.05, 4.69) is 34.1 Å². The minimum atomic E-state index is 0.391. The van der Waals surface area contributed by atoms with Gasteiger partial charge in [0.15, 0.2) is 0 Å². The number of ketones is 2. The minimum absolute atomic E-state index is 0.391. The first kappa shape index (κ1) is 24.0. The first-order valence-electron chi connectivity index (χ1n) is 11.3. The van der Waals surface area contributed by atoms with Gasteiger partial charge in [-0.25, -0.2) is 0 Å². The van der Waals surface area contributed by atoms with E-state index in [0.717, 1.165) is 50.8 Å². The van der Waals surface area contributed by atoms with Crippen LogP contribution in [0, 0.1) is 0 Å². The lowest BCUT2D eigenvalue weighted by atomic mass is 10.1. The van der Waals surface area contributed by atoms with Crippen molar-refractivity contribution in [1.82, 2.24) is 9.80 Å². The van der Waals surface area contributed by atoms with Gasteiger partial charge in [0, 0.05) is 65.0 Å². The lowest BCUT2D eigenvalue weighted by Gasteiger charge is -2.25. The standard InChI is InChI=1S/2C13H17NO2/c2*1-16-13-4-2-3-11(9-13)10-14-7-5-12(15)6-8-14/h2*2-4,9H,5-8,10H2,1H3. The molecule has 2 aliphatic rings. The smallest absolute Gasteiger partial charge is 0.135 e. The van der Waals surface area contributed by atoms with Gasteiger partial charge in [-0.2, -0.15) is 0 Å². The summed E-state index contributed by atoms with van der Waals surface area (Å²) in [5, 5.41) is 0. The summed E-state index contributed by atoms with van der Waals surface area (Å²) in [5.41, 5.74) is 2.49. The van der Waals surface area contributed by atoms with Gasteiger partial charge in [-0.3, -0.25) is 19.4 Å². The van der Waals surface area contributed by atoms with Crippen LogP contribution in [0.1, 0.15) is 36.8 Å². The number of rotatable bonds is 6. The largest absolute Gasteiger partial charge is 0.497 e. The van der Waals surface area contributed by atoms with Crippen LogP contribution < -0.4 is 9.47 Å². The van der Waals surface area contributed by atoms with Crippen LogP contribution in [-0.2, 0) is 22.7 Å². The van der Waals surface area contributed by atoms with Crippen molar-refractivity contribution in [3.05, 3.63) is 59.7 Å². The van der Waals surface area contributed by atoms with Crippen molar-refractivity contribution in [3.8, 4) is 11.5 Å². The van der Waals surface area contributed by atoms with Crippen molar-refractivity contribution in [2.75, 3.05) is 40.4 Å². The SMILES string of the molecule is COc1cccc(CN2CCC(=O)CC2)c1.COc1cccc(CN2CCC(=O)CC2)c1. The second kappa shape index (κ2) is 12.4. The number of hydrogen-bond acceptors (Lipinski definition) is 6. The number of carbonyl (C=O) groups excluding carboxylic acids is 2. The molecule has 2 heterocycles. The van der Waals surface area contributed by atoms with Crippen LogP contribution in [0.15, 0.2) is 48.5 Å². The molecule has 0 radical (unpaired) electrons. The van der Waals surface area contributed by atoms with E-state index in [1.807, 2.05) is 24.3 Å². The molecule has 0 atom stereocenters. The maximum absolute atomic E-state index is 11.1. The van der Waals surface area contributed by atoms with Crippen LogP contribution in [0.25, 0.3) is 0 Å². The number of nitrogens with zero attached hydrogens (tertiary/aromatic N) is 2. The van der Waals surface area contributed by atoms with E-state index in [1.165, 1.54) is 11.1 Å². The second-order valence-electron chi connectivity index (χ2n) is 8.33. The summed E-state index contributed by atoms with van der Waals surface area (Å²) in [6.45, 7) is 5.35. The van der Waals surface area contributed by atoms with Crippen molar-refractivity contribution < 1.29 is 19.1 Å². The molecule has 0 aliphatic carbocycles. The molecule has 0 amide bonds. The average molecular weight is 439 g/mol. The summed E-state index contributed by atoms with van der Waals surface area (Å²) in [5.74, 6) is 2.57. The highest BCUT2D eigenvalue weighted by Gasteiger charge is 2.17. The molecule has 0 saturated carbocycles. The molecule has 172 valence electrons. The Labute approximate surface area is 191 Å². The fourth-order valence-corrected chi connectivity index (χ4v) is 3.98. The number of likely N-dealkylation sites (tertiary alicyclic amines) is 2. The normalized spacial score (nSPS) is 17.4. The quantitative estimate of drug-likeness (QED) is 0.685. The molecule has 6 heteroatoms. The Morgan fingerprint density at radius 2 is 1.03 bits per heavy atom. The van der Waals surface area contributed by atoms with Crippen LogP contribution in [0.4, 0.5) is 0 Å². The predicted molar refractivity (Wildman–Crippen MR) is 125 cm³/mol. The van der Waals surface area contributed by atoms with Gasteiger partial charge in [0.05, 0.1) is 14.2 Å². The zero-order chi connectivity index (χ0) is 22.8. The first-order valence-corrected chi connectivity index (χ1v) is 11.3. The zero-order valence-corrected chi connectivity index (χ0v) is 19.2. The molecule has 2 saturated heterocycles. The van der Waals surface area contributed by atoms with Gasteiger partial charge in [-0.1, -0.05) is 24.3 Å². The number of carbonyl (C=O) groups is 2. The second-order valence-corrected chi connectivity index (χ2v) is 8.33. The fraction of sp³-hybridized carbons (Fsp3) is 0.462. The van der Waals surface area contributed by atoms with Crippen molar-refractivity contribution in [2.24, 2.45) is 0 Å². The highest BCUT2D eigenvalue weighted by molar-refractivity contribution is 5.79. The summed E-state index contributed by atoms with van der Waals surface area (Å²) in [6.07, 6.45) is 2.79. The van der Waals surface area contributed by atoms with Crippen molar-refractivity contribution in [1.29, 1.82) is 0 Å². The van der Waals surface area contributed by atoms with Gasteiger partial charge in [-0.05, 0) is 35.4 Å². The van der Waals surface area contributed by atoms with Gasteiger partial charge in [0.25, 0.3) is 0 Å². The fourth-order valence-electron chi connectivity index (χ4n) is 3.98. The van der Waals surface area contributed by atoms with E-state index >= 15 is 0 Å². The van der Waals surface area contributed by atoms with Gasteiger partial charge in [0.1, 0.15) is 23.1 Å². The maximum atomic E-state index is 11.1. The van der Waals surface area contributed by atoms with Crippen molar-refractivity contribution in [2.45, 2.75) is 38.8 Å². The third-order valence-electron chi connectivity index (χ3n) is 5.91. The Hall–Kier alpha value is -2.70. The number of methoxy groups -OCH3 is 2. The molecule has 0 aromatic heterocycles. The van der Waals surface area contributed by atoms with Crippen molar-refractivity contribution in [3.63, 3.8) is 0 Å². The lowest BCUT2D eigenvalue weighted by Crippen LogP contribution is -2.33. The van der Waals surface area contributed by atoms with E-state index in [4.69, 9.17) is 9.47 Å². The topological polar surface area (TPSA) is 59.1 Å². The Balaban J connectivity index is 0.000000181. The molecule has 2 aliphatic heterocycles.